The molecule has 16 heavy (non-hydrogen) atoms. The van der Waals surface area contributed by atoms with Gasteiger partial charge >= 0.3 is 0 Å². The summed E-state index contributed by atoms with van der Waals surface area (Å²) >= 11 is 0. The molecule has 2 aromatic rings. The van der Waals surface area contributed by atoms with Gasteiger partial charge in [0.1, 0.15) is 5.82 Å². The molecular weight excluding hydrogens is 205 g/mol. The molecule has 0 bridgehead atoms. The molecule has 0 radical (unpaired) electrons. The Morgan fingerprint density at radius 1 is 1.38 bits per heavy atom. The molecule has 0 amide bonds. The van der Waals surface area contributed by atoms with Crippen LogP contribution in [0, 0.1) is 19.7 Å². The third-order valence-corrected chi connectivity index (χ3v) is 2.73. The van der Waals surface area contributed by atoms with E-state index in [-0.39, 0.29) is 5.82 Å². The number of aryl methyl sites for hydroxylation is 2. The summed E-state index contributed by atoms with van der Waals surface area (Å²) in [6, 6.07) is 4.77. The van der Waals surface area contributed by atoms with Crippen molar-refractivity contribution in [2.24, 2.45) is 0 Å². The maximum atomic E-state index is 13.1. The van der Waals surface area contributed by atoms with Crippen LogP contribution >= 0.6 is 0 Å². The van der Waals surface area contributed by atoms with Gasteiger partial charge in [0.2, 0.25) is 5.95 Å². The Hall–Kier alpha value is -1.84. The fourth-order valence-electron chi connectivity index (χ4n) is 1.67. The van der Waals surface area contributed by atoms with Gasteiger partial charge in [-0.1, -0.05) is 6.07 Å². The number of anilines is 1. The molecule has 1 aromatic heterocycles. The Balaban J connectivity index is 2.37. The molecule has 1 aromatic carbocycles. The number of imidazole rings is 1. The summed E-state index contributed by atoms with van der Waals surface area (Å²) in [5, 5.41) is 0. The van der Waals surface area contributed by atoms with Gasteiger partial charge in [0.25, 0.3) is 0 Å². The van der Waals surface area contributed by atoms with Gasteiger partial charge in [-0.05, 0) is 37.1 Å². The predicted octanol–water partition coefficient (Wildman–Crippen LogP) is 2.27. The molecule has 2 N–H and O–H groups in total. The molecule has 4 heteroatoms. The molecule has 0 unspecified atom stereocenters. The number of halogens is 1. The van der Waals surface area contributed by atoms with Crippen molar-refractivity contribution in [1.29, 1.82) is 0 Å². The monoisotopic (exact) mass is 219 g/mol. The summed E-state index contributed by atoms with van der Waals surface area (Å²) in [5.41, 5.74) is 8.68. The second kappa shape index (κ2) is 3.96. The maximum absolute atomic E-state index is 13.1. The fraction of sp³-hybridized carbons (Fsp3) is 0.250. The zero-order valence-electron chi connectivity index (χ0n) is 9.37. The van der Waals surface area contributed by atoms with Crippen LogP contribution in [0.2, 0.25) is 0 Å². The summed E-state index contributed by atoms with van der Waals surface area (Å²) in [5.74, 6) is 0.234. The second-order valence-electron chi connectivity index (χ2n) is 3.91. The average Bonchev–Trinajstić information content (AvgIpc) is 2.55. The van der Waals surface area contributed by atoms with E-state index in [0.717, 1.165) is 16.8 Å². The van der Waals surface area contributed by atoms with E-state index in [1.165, 1.54) is 12.1 Å². The SMILES string of the molecule is Cc1ccc(F)cc1Cn1c(C)cnc1N. The Morgan fingerprint density at radius 3 is 2.75 bits per heavy atom. The van der Waals surface area contributed by atoms with Crippen LogP contribution in [0.4, 0.5) is 10.3 Å². The van der Waals surface area contributed by atoms with Crippen molar-refractivity contribution < 1.29 is 4.39 Å². The highest BCUT2D eigenvalue weighted by Crippen LogP contribution is 2.15. The molecule has 84 valence electrons. The van der Waals surface area contributed by atoms with E-state index in [9.17, 15) is 4.39 Å². The van der Waals surface area contributed by atoms with Crippen molar-refractivity contribution in [3.63, 3.8) is 0 Å². The van der Waals surface area contributed by atoms with Crippen LogP contribution < -0.4 is 5.73 Å². The van der Waals surface area contributed by atoms with Crippen LogP contribution in [-0.4, -0.2) is 9.55 Å². The number of benzene rings is 1. The van der Waals surface area contributed by atoms with Crippen molar-refractivity contribution >= 4 is 5.95 Å². The van der Waals surface area contributed by atoms with E-state index in [1.807, 2.05) is 18.4 Å². The van der Waals surface area contributed by atoms with E-state index in [4.69, 9.17) is 5.73 Å². The number of rotatable bonds is 2. The van der Waals surface area contributed by atoms with Gasteiger partial charge in [-0.3, -0.25) is 0 Å². The number of hydrogen-bond acceptors (Lipinski definition) is 2. The van der Waals surface area contributed by atoms with Crippen molar-refractivity contribution in [2.45, 2.75) is 20.4 Å². The molecule has 0 atom stereocenters. The molecular formula is C12H14FN3. The highest BCUT2D eigenvalue weighted by Gasteiger charge is 2.06. The Bertz CT molecular complexity index is 497. The van der Waals surface area contributed by atoms with Crippen LogP contribution in [0.5, 0.6) is 0 Å². The molecule has 2 rings (SSSR count). The Labute approximate surface area is 93.7 Å². The minimum absolute atomic E-state index is 0.225. The van der Waals surface area contributed by atoms with E-state index in [0.29, 0.717) is 12.5 Å². The number of nitrogen functional groups attached to an aromatic ring is 1. The van der Waals surface area contributed by atoms with Crippen LogP contribution in [-0.2, 0) is 6.54 Å². The minimum Gasteiger partial charge on any atom is -0.369 e. The van der Waals surface area contributed by atoms with Crippen LogP contribution in [0.25, 0.3) is 0 Å². The Morgan fingerprint density at radius 2 is 2.12 bits per heavy atom. The third-order valence-electron chi connectivity index (χ3n) is 2.73. The average molecular weight is 219 g/mol. The van der Waals surface area contributed by atoms with E-state index in [2.05, 4.69) is 4.98 Å². The molecule has 0 aliphatic carbocycles. The number of nitrogens with zero attached hydrogens (tertiary/aromatic N) is 2. The summed E-state index contributed by atoms with van der Waals surface area (Å²) < 4.78 is 15.0. The van der Waals surface area contributed by atoms with Crippen molar-refractivity contribution in [3.8, 4) is 0 Å². The van der Waals surface area contributed by atoms with Crippen LogP contribution in [0.1, 0.15) is 16.8 Å². The zero-order chi connectivity index (χ0) is 11.7. The topological polar surface area (TPSA) is 43.8 Å². The highest BCUT2D eigenvalue weighted by atomic mass is 19.1. The van der Waals surface area contributed by atoms with E-state index in [1.54, 1.807) is 12.3 Å². The van der Waals surface area contributed by atoms with Gasteiger partial charge in [-0.2, -0.15) is 0 Å². The largest absolute Gasteiger partial charge is 0.369 e. The van der Waals surface area contributed by atoms with Gasteiger partial charge in [-0.25, -0.2) is 9.37 Å². The smallest absolute Gasteiger partial charge is 0.200 e. The second-order valence-corrected chi connectivity index (χ2v) is 3.91. The number of hydrogen-bond donors (Lipinski definition) is 1. The highest BCUT2D eigenvalue weighted by molar-refractivity contribution is 5.30. The summed E-state index contributed by atoms with van der Waals surface area (Å²) in [6.07, 6.45) is 1.71. The van der Waals surface area contributed by atoms with Crippen molar-refractivity contribution in [1.82, 2.24) is 9.55 Å². The molecule has 0 saturated heterocycles. The Kier molecular flexibility index (Phi) is 2.64. The first-order valence-electron chi connectivity index (χ1n) is 5.10. The van der Waals surface area contributed by atoms with E-state index >= 15 is 0 Å². The lowest BCUT2D eigenvalue weighted by Gasteiger charge is -2.10. The van der Waals surface area contributed by atoms with E-state index < -0.39 is 0 Å². The van der Waals surface area contributed by atoms with Crippen molar-refractivity contribution in [3.05, 3.63) is 47.0 Å². The zero-order valence-corrected chi connectivity index (χ0v) is 9.37. The molecule has 0 aliphatic rings. The van der Waals surface area contributed by atoms with Gasteiger partial charge in [-0.15, -0.1) is 0 Å². The van der Waals surface area contributed by atoms with Gasteiger partial charge in [0.15, 0.2) is 0 Å². The molecule has 1 heterocycles. The first-order chi connectivity index (χ1) is 7.58. The normalized spacial score (nSPS) is 10.7. The van der Waals surface area contributed by atoms with Crippen molar-refractivity contribution in [2.75, 3.05) is 5.73 Å². The van der Waals surface area contributed by atoms with Gasteiger partial charge in [0.05, 0.1) is 12.7 Å². The summed E-state index contributed by atoms with van der Waals surface area (Å²) in [6.45, 7) is 4.44. The standard InChI is InChI=1S/C12H14FN3/c1-8-3-4-11(13)5-10(8)7-16-9(2)6-15-12(16)14/h3-6H,7H2,1-2H3,(H2,14,15). The number of aromatic nitrogens is 2. The fourth-order valence-corrected chi connectivity index (χ4v) is 1.67. The molecule has 3 nitrogen and oxygen atoms in total. The molecule has 0 spiro atoms. The summed E-state index contributed by atoms with van der Waals surface area (Å²) in [7, 11) is 0. The third kappa shape index (κ3) is 1.91. The minimum atomic E-state index is -0.225. The lowest BCUT2D eigenvalue weighted by atomic mass is 10.1. The molecule has 0 saturated carbocycles. The lowest BCUT2D eigenvalue weighted by molar-refractivity contribution is 0.622. The van der Waals surface area contributed by atoms with Crippen LogP contribution in [0.15, 0.2) is 24.4 Å². The van der Waals surface area contributed by atoms with Gasteiger partial charge < -0.3 is 10.3 Å². The predicted molar refractivity (Wildman–Crippen MR) is 61.6 cm³/mol. The lowest BCUT2D eigenvalue weighted by Crippen LogP contribution is -2.07. The maximum Gasteiger partial charge on any atom is 0.200 e. The molecule has 0 aliphatic heterocycles. The quantitative estimate of drug-likeness (QED) is 0.842. The first kappa shape index (κ1) is 10.7. The summed E-state index contributed by atoms with van der Waals surface area (Å²) in [4.78, 5) is 4.01. The molecule has 0 fully saturated rings. The first-order valence-corrected chi connectivity index (χ1v) is 5.10. The number of nitrogens with two attached hydrogens (primary N) is 1. The van der Waals surface area contributed by atoms with Crippen LogP contribution in [0.3, 0.4) is 0 Å². The van der Waals surface area contributed by atoms with Gasteiger partial charge in [0, 0.05) is 5.69 Å².